The van der Waals surface area contributed by atoms with Crippen LogP contribution in [0, 0.1) is 13.8 Å². The minimum absolute atomic E-state index is 1.19. The van der Waals surface area contributed by atoms with Gasteiger partial charge in [0.1, 0.15) is 0 Å². The van der Waals surface area contributed by atoms with Gasteiger partial charge in [-0.2, -0.15) is 0 Å². The van der Waals surface area contributed by atoms with Gasteiger partial charge in [-0.1, -0.05) is 24.3 Å². The maximum absolute atomic E-state index is 3.64. The third-order valence-corrected chi connectivity index (χ3v) is 4.49. The fraction of sp³-hybridized carbons (Fsp3) is 0.167. The first kappa shape index (κ1) is 10.2. The predicted octanol–water partition coefficient (Wildman–Crippen LogP) is 4.98. The van der Waals surface area contributed by atoms with Crippen LogP contribution in [-0.4, -0.2) is 0 Å². The molecule has 0 radical (unpaired) electrons. The first-order valence-corrected chi connectivity index (χ1v) is 6.04. The van der Waals surface area contributed by atoms with Crippen molar-refractivity contribution in [2.45, 2.75) is 13.8 Å². The highest BCUT2D eigenvalue weighted by molar-refractivity contribution is 9.11. The molecule has 0 N–H and O–H groups in total. The molecule has 0 spiro atoms. The van der Waals surface area contributed by atoms with Crippen LogP contribution in [0.3, 0.4) is 0 Å². The Hall–Kier alpha value is -0.340. The molecule has 0 aliphatic heterocycles. The van der Waals surface area contributed by atoms with Crippen molar-refractivity contribution in [1.29, 1.82) is 0 Å². The molecule has 0 atom stereocenters. The maximum atomic E-state index is 3.64. The maximum Gasteiger partial charge on any atom is 0.0294 e. The van der Waals surface area contributed by atoms with Crippen LogP contribution in [0.15, 0.2) is 33.2 Å². The summed E-state index contributed by atoms with van der Waals surface area (Å²) in [6.07, 6.45) is 0. The Kier molecular flexibility index (Phi) is 2.67. The van der Waals surface area contributed by atoms with E-state index < -0.39 is 0 Å². The van der Waals surface area contributed by atoms with Crippen molar-refractivity contribution in [3.8, 4) is 0 Å². The van der Waals surface area contributed by atoms with Gasteiger partial charge in [-0.25, -0.2) is 0 Å². The largest absolute Gasteiger partial charge is 0.0576 e. The summed E-state index contributed by atoms with van der Waals surface area (Å²) in [5, 5.41) is 2.53. The van der Waals surface area contributed by atoms with E-state index >= 15 is 0 Å². The quantitative estimate of drug-likeness (QED) is 0.643. The van der Waals surface area contributed by atoms with Crippen molar-refractivity contribution >= 4 is 42.6 Å². The van der Waals surface area contributed by atoms with E-state index in [4.69, 9.17) is 0 Å². The van der Waals surface area contributed by atoms with Gasteiger partial charge in [0, 0.05) is 14.3 Å². The van der Waals surface area contributed by atoms with Gasteiger partial charge in [-0.15, -0.1) is 0 Å². The molecule has 0 aliphatic rings. The van der Waals surface area contributed by atoms with Gasteiger partial charge in [0.05, 0.1) is 0 Å². The second kappa shape index (κ2) is 3.67. The Labute approximate surface area is 101 Å². The van der Waals surface area contributed by atoms with Gasteiger partial charge >= 0.3 is 0 Å². The number of aryl methyl sites for hydroxylation is 2. The van der Waals surface area contributed by atoms with Crippen LogP contribution >= 0.6 is 31.9 Å². The van der Waals surface area contributed by atoms with E-state index in [0.717, 1.165) is 0 Å². The minimum Gasteiger partial charge on any atom is -0.0576 e. The zero-order valence-corrected chi connectivity index (χ0v) is 11.2. The van der Waals surface area contributed by atoms with Crippen molar-refractivity contribution in [2.75, 3.05) is 0 Å². The second-order valence-electron chi connectivity index (χ2n) is 3.49. The first-order valence-electron chi connectivity index (χ1n) is 4.45. The number of halogens is 2. The van der Waals surface area contributed by atoms with Gasteiger partial charge in [-0.3, -0.25) is 0 Å². The highest BCUT2D eigenvalue weighted by atomic mass is 79.9. The zero-order chi connectivity index (χ0) is 10.3. The minimum atomic E-state index is 1.19. The Bertz CT molecular complexity index is 458. The molecule has 14 heavy (non-hydrogen) atoms. The summed E-state index contributed by atoms with van der Waals surface area (Å²) in [7, 11) is 0. The van der Waals surface area contributed by atoms with Crippen LogP contribution in [0.2, 0.25) is 0 Å². The monoisotopic (exact) mass is 312 g/mol. The van der Waals surface area contributed by atoms with Gasteiger partial charge in [0.2, 0.25) is 0 Å². The molecule has 2 rings (SSSR count). The Morgan fingerprint density at radius 2 is 1.21 bits per heavy atom. The fourth-order valence-electron chi connectivity index (χ4n) is 1.54. The predicted molar refractivity (Wildman–Crippen MR) is 68.8 cm³/mol. The van der Waals surface area contributed by atoms with E-state index in [1.54, 1.807) is 0 Å². The molecule has 0 amide bonds. The number of benzene rings is 2. The van der Waals surface area contributed by atoms with Gasteiger partial charge < -0.3 is 0 Å². The number of hydrogen-bond donors (Lipinski definition) is 0. The summed E-state index contributed by atoms with van der Waals surface area (Å²) >= 11 is 7.27. The molecule has 0 saturated carbocycles. The summed E-state index contributed by atoms with van der Waals surface area (Å²) in [6.45, 7) is 4.22. The van der Waals surface area contributed by atoms with Gasteiger partial charge in [0.15, 0.2) is 0 Å². The Balaban J connectivity index is 2.98. The van der Waals surface area contributed by atoms with Crippen molar-refractivity contribution in [3.63, 3.8) is 0 Å². The van der Waals surface area contributed by atoms with E-state index in [2.05, 4.69) is 70.0 Å². The molecule has 0 bridgehead atoms. The summed E-state index contributed by atoms with van der Waals surface area (Å²) in [5.41, 5.74) is 2.53. The molecule has 0 aliphatic carbocycles. The molecule has 0 unspecified atom stereocenters. The van der Waals surface area contributed by atoms with Gasteiger partial charge in [-0.05, 0) is 62.2 Å². The van der Waals surface area contributed by atoms with Crippen LogP contribution in [0.1, 0.15) is 11.1 Å². The van der Waals surface area contributed by atoms with E-state index in [0.29, 0.717) is 0 Å². The molecule has 72 valence electrons. The molecule has 0 heterocycles. The molecule has 0 aromatic heterocycles. The third kappa shape index (κ3) is 1.51. The molecular weight excluding hydrogens is 304 g/mol. The lowest BCUT2D eigenvalue weighted by Gasteiger charge is -2.08. The number of rotatable bonds is 0. The van der Waals surface area contributed by atoms with Crippen molar-refractivity contribution in [3.05, 3.63) is 44.3 Å². The standard InChI is InChI=1S/C12H10Br2/c1-7-3-5-9-6-4-8(2)12(14)10(9)11(7)13/h3-6H,1-2H3. The fourth-order valence-corrected chi connectivity index (χ4v) is 2.93. The molecule has 2 aromatic rings. The van der Waals surface area contributed by atoms with E-state index in [9.17, 15) is 0 Å². The third-order valence-electron chi connectivity index (χ3n) is 2.45. The summed E-state index contributed by atoms with van der Waals surface area (Å²) in [4.78, 5) is 0. The smallest absolute Gasteiger partial charge is 0.0294 e. The number of fused-ring (bicyclic) bond motifs is 1. The van der Waals surface area contributed by atoms with E-state index in [1.807, 2.05) is 0 Å². The van der Waals surface area contributed by atoms with Crippen LogP contribution in [0.4, 0.5) is 0 Å². The van der Waals surface area contributed by atoms with Crippen LogP contribution < -0.4 is 0 Å². The topological polar surface area (TPSA) is 0 Å². The van der Waals surface area contributed by atoms with E-state index in [-0.39, 0.29) is 0 Å². The average molecular weight is 314 g/mol. The number of hydrogen-bond acceptors (Lipinski definition) is 0. The first-order chi connectivity index (χ1) is 6.61. The summed E-state index contributed by atoms with van der Waals surface area (Å²) in [5.74, 6) is 0. The lowest BCUT2D eigenvalue weighted by atomic mass is 10.1. The molecule has 0 fully saturated rings. The van der Waals surface area contributed by atoms with Crippen molar-refractivity contribution < 1.29 is 0 Å². The van der Waals surface area contributed by atoms with E-state index in [1.165, 1.54) is 30.8 Å². The highest BCUT2D eigenvalue weighted by Gasteiger charge is 2.06. The molecular formula is C12H10Br2. The highest BCUT2D eigenvalue weighted by Crippen LogP contribution is 2.34. The molecule has 0 saturated heterocycles. The lowest BCUT2D eigenvalue weighted by Crippen LogP contribution is -1.84. The normalized spacial score (nSPS) is 10.9. The van der Waals surface area contributed by atoms with Crippen LogP contribution in [0.5, 0.6) is 0 Å². The van der Waals surface area contributed by atoms with Crippen molar-refractivity contribution in [1.82, 2.24) is 0 Å². The Morgan fingerprint density at radius 1 is 0.786 bits per heavy atom. The Morgan fingerprint density at radius 3 is 1.64 bits per heavy atom. The second-order valence-corrected chi connectivity index (χ2v) is 5.08. The molecule has 2 heteroatoms. The summed E-state index contributed by atoms with van der Waals surface area (Å²) in [6, 6.07) is 8.57. The van der Waals surface area contributed by atoms with Crippen LogP contribution in [0.25, 0.3) is 10.8 Å². The molecule has 0 nitrogen and oxygen atoms in total. The van der Waals surface area contributed by atoms with Crippen molar-refractivity contribution in [2.24, 2.45) is 0 Å². The zero-order valence-electron chi connectivity index (χ0n) is 8.07. The average Bonchev–Trinajstić information content (AvgIpc) is 2.17. The van der Waals surface area contributed by atoms with Gasteiger partial charge in [0.25, 0.3) is 0 Å². The molecule has 2 aromatic carbocycles. The SMILES string of the molecule is Cc1ccc2ccc(C)c(Br)c2c1Br. The van der Waals surface area contributed by atoms with Crippen LogP contribution in [-0.2, 0) is 0 Å². The lowest BCUT2D eigenvalue weighted by molar-refractivity contribution is 1.43. The summed E-state index contributed by atoms with van der Waals surface area (Å²) < 4.78 is 2.37.